The van der Waals surface area contributed by atoms with Crippen LogP contribution in [0.5, 0.6) is 5.75 Å². The van der Waals surface area contributed by atoms with Crippen LogP contribution >= 0.6 is 0 Å². The molecular formula is C10H9N2O. The molecular weight excluding hydrogens is 164 g/mol. The maximum Gasteiger partial charge on any atom is 0.120 e. The first-order valence-corrected chi connectivity index (χ1v) is 4.02. The minimum atomic E-state index is 0.304. The van der Waals surface area contributed by atoms with Gasteiger partial charge in [0.2, 0.25) is 0 Å². The molecule has 3 nitrogen and oxygen atoms in total. The van der Waals surface area contributed by atoms with Gasteiger partial charge in [-0.25, -0.2) is 0 Å². The quantitative estimate of drug-likeness (QED) is 0.746. The van der Waals surface area contributed by atoms with Crippen molar-refractivity contribution in [3.8, 4) is 5.75 Å². The summed E-state index contributed by atoms with van der Waals surface area (Å²) < 4.78 is 1.72. The SMILES string of the molecule is Oc1ccccc1Cn1cc[c]n1. The molecule has 1 aromatic heterocycles. The van der Waals surface area contributed by atoms with E-state index in [1.54, 1.807) is 22.9 Å². The lowest BCUT2D eigenvalue weighted by Gasteiger charge is -2.03. The maximum atomic E-state index is 9.46. The second-order valence-electron chi connectivity index (χ2n) is 2.77. The molecule has 0 spiro atoms. The molecule has 1 heterocycles. The summed E-state index contributed by atoms with van der Waals surface area (Å²) in [6, 6.07) is 8.97. The zero-order chi connectivity index (χ0) is 9.10. The van der Waals surface area contributed by atoms with Gasteiger partial charge in [0.05, 0.1) is 6.54 Å². The molecule has 0 aliphatic heterocycles. The van der Waals surface area contributed by atoms with Crippen molar-refractivity contribution in [2.75, 3.05) is 0 Å². The highest BCUT2D eigenvalue weighted by Crippen LogP contribution is 2.15. The Morgan fingerprint density at radius 2 is 2.23 bits per heavy atom. The van der Waals surface area contributed by atoms with Crippen LogP contribution in [0.15, 0.2) is 36.5 Å². The van der Waals surface area contributed by atoms with Crippen LogP contribution in [0.3, 0.4) is 0 Å². The molecule has 3 heteroatoms. The third kappa shape index (κ3) is 1.69. The van der Waals surface area contributed by atoms with E-state index in [4.69, 9.17) is 0 Å². The molecule has 0 saturated carbocycles. The summed E-state index contributed by atoms with van der Waals surface area (Å²) in [5, 5.41) is 13.4. The highest BCUT2D eigenvalue weighted by atomic mass is 16.3. The lowest BCUT2D eigenvalue weighted by molar-refractivity contribution is 0.464. The number of hydrogen-bond acceptors (Lipinski definition) is 2. The van der Waals surface area contributed by atoms with Crippen LogP contribution in [0.4, 0.5) is 0 Å². The van der Waals surface area contributed by atoms with Crippen molar-refractivity contribution in [3.63, 3.8) is 0 Å². The summed E-state index contributed by atoms with van der Waals surface area (Å²) in [5.74, 6) is 0.304. The highest BCUT2D eigenvalue weighted by molar-refractivity contribution is 5.31. The van der Waals surface area contributed by atoms with Gasteiger partial charge < -0.3 is 5.11 Å². The van der Waals surface area contributed by atoms with Gasteiger partial charge in [-0.1, -0.05) is 18.2 Å². The first kappa shape index (κ1) is 7.86. The molecule has 0 fully saturated rings. The van der Waals surface area contributed by atoms with E-state index < -0.39 is 0 Å². The molecule has 0 unspecified atom stereocenters. The van der Waals surface area contributed by atoms with E-state index in [0.717, 1.165) is 5.56 Å². The van der Waals surface area contributed by atoms with Crippen molar-refractivity contribution in [3.05, 3.63) is 48.3 Å². The number of phenolic OH excluding ortho intramolecular Hbond substituents is 1. The van der Waals surface area contributed by atoms with Crippen LogP contribution in [0, 0.1) is 6.20 Å². The van der Waals surface area contributed by atoms with Crippen molar-refractivity contribution >= 4 is 0 Å². The van der Waals surface area contributed by atoms with E-state index in [2.05, 4.69) is 11.3 Å². The number of benzene rings is 1. The average molecular weight is 173 g/mol. The van der Waals surface area contributed by atoms with E-state index in [9.17, 15) is 5.11 Å². The Labute approximate surface area is 76.3 Å². The van der Waals surface area contributed by atoms with Gasteiger partial charge in [-0.3, -0.25) is 4.68 Å². The smallest absolute Gasteiger partial charge is 0.120 e. The highest BCUT2D eigenvalue weighted by Gasteiger charge is 1.99. The van der Waals surface area contributed by atoms with Crippen LogP contribution < -0.4 is 0 Å². The summed E-state index contributed by atoms with van der Waals surface area (Å²) in [5.41, 5.74) is 0.861. The maximum absolute atomic E-state index is 9.46. The van der Waals surface area contributed by atoms with Gasteiger partial charge >= 0.3 is 0 Å². The predicted molar refractivity (Wildman–Crippen MR) is 48.3 cm³/mol. The van der Waals surface area contributed by atoms with E-state index in [1.165, 1.54) is 0 Å². The van der Waals surface area contributed by atoms with Gasteiger partial charge in [0.25, 0.3) is 0 Å². The van der Waals surface area contributed by atoms with Crippen molar-refractivity contribution in [1.29, 1.82) is 0 Å². The number of para-hydroxylation sites is 1. The van der Waals surface area contributed by atoms with Crippen molar-refractivity contribution in [2.45, 2.75) is 6.54 Å². The number of hydrogen-bond donors (Lipinski definition) is 1. The monoisotopic (exact) mass is 173 g/mol. The van der Waals surface area contributed by atoms with Gasteiger partial charge in [-0.15, -0.1) is 0 Å². The molecule has 13 heavy (non-hydrogen) atoms. The number of aromatic nitrogens is 2. The summed E-state index contributed by atoms with van der Waals surface area (Å²) in [7, 11) is 0. The molecule has 0 atom stereocenters. The number of aromatic hydroxyl groups is 1. The molecule has 0 aliphatic carbocycles. The first-order chi connectivity index (χ1) is 6.36. The topological polar surface area (TPSA) is 38.0 Å². The Hall–Kier alpha value is -1.77. The minimum Gasteiger partial charge on any atom is -0.508 e. The fraction of sp³-hybridized carbons (Fsp3) is 0.100. The molecule has 0 bridgehead atoms. The normalized spacial score (nSPS) is 10.2. The number of rotatable bonds is 2. The van der Waals surface area contributed by atoms with E-state index in [1.807, 2.05) is 18.3 Å². The van der Waals surface area contributed by atoms with Crippen LogP contribution in [0.1, 0.15) is 5.56 Å². The zero-order valence-corrected chi connectivity index (χ0v) is 7.01. The molecule has 0 amide bonds. The molecule has 1 N–H and O–H groups in total. The Kier molecular flexibility index (Phi) is 2.00. The van der Waals surface area contributed by atoms with Crippen LogP contribution in [0.25, 0.3) is 0 Å². The van der Waals surface area contributed by atoms with Crippen LogP contribution in [-0.2, 0) is 6.54 Å². The average Bonchev–Trinajstić information content (AvgIpc) is 2.61. The van der Waals surface area contributed by atoms with Gasteiger partial charge in [-0.2, -0.15) is 5.10 Å². The largest absolute Gasteiger partial charge is 0.508 e. The Morgan fingerprint density at radius 1 is 1.38 bits per heavy atom. The predicted octanol–water partition coefficient (Wildman–Crippen LogP) is 1.44. The Balaban J connectivity index is 2.24. The fourth-order valence-electron chi connectivity index (χ4n) is 1.17. The van der Waals surface area contributed by atoms with Crippen LogP contribution in [-0.4, -0.2) is 14.9 Å². The standard InChI is InChI=1S/C10H9N2O/c13-10-5-2-1-4-9(10)8-12-7-3-6-11-12/h1-5,7,13H,8H2. The molecule has 1 aromatic carbocycles. The third-order valence-corrected chi connectivity index (χ3v) is 1.83. The fourth-order valence-corrected chi connectivity index (χ4v) is 1.17. The van der Waals surface area contributed by atoms with Crippen molar-refractivity contribution in [1.82, 2.24) is 9.78 Å². The van der Waals surface area contributed by atoms with Crippen molar-refractivity contribution in [2.24, 2.45) is 0 Å². The van der Waals surface area contributed by atoms with E-state index >= 15 is 0 Å². The minimum absolute atomic E-state index is 0.304. The third-order valence-electron chi connectivity index (χ3n) is 1.83. The number of phenols is 1. The van der Waals surface area contributed by atoms with E-state index in [-0.39, 0.29) is 0 Å². The summed E-state index contributed by atoms with van der Waals surface area (Å²) >= 11 is 0. The van der Waals surface area contributed by atoms with Crippen molar-refractivity contribution < 1.29 is 5.11 Å². The van der Waals surface area contributed by atoms with Gasteiger partial charge in [0.15, 0.2) is 0 Å². The summed E-state index contributed by atoms with van der Waals surface area (Å²) in [6.45, 7) is 0.580. The van der Waals surface area contributed by atoms with Gasteiger partial charge in [0, 0.05) is 11.8 Å². The lowest BCUT2D eigenvalue weighted by atomic mass is 10.2. The molecule has 65 valence electrons. The molecule has 1 radical (unpaired) electrons. The van der Waals surface area contributed by atoms with Gasteiger partial charge in [0.1, 0.15) is 11.9 Å². The lowest BCUT2D eigenvalue weighted by Crippen LogP contribution is -1.99. The Morgan fingerprint density at radius 3 is 2.92 bits per heavy atom. The first-order valence-electron chi connectivity index (χ1n) is 4.02. The second kappa shape index (κ2) is 3.31. The molecule has 2 aromatic rings. The summed E-state index contributed by atoms with van der Waals surface area (Å²) in [6.07, 6.45) is 4.51. The molecule has 2 rings (SSSR count). The van der Waals surface area contributed by atoms with Crippen LogP contribution in [0.2, 0.25) is 0 Å². The summed E-state index contributed by atoms with van der Waals surface area (Å²) in [4.78, 5) is 0. The van der Waals surface area contributed by atoms with Gasteiger partial charge in [-0.05, 0) is 12.1 Å². The second-order valence-corrected chi connectivity index (χ2v) is 2.77. The molecule has 0 aliphatic rings. The number of nitrogens with zero attached hydrogens (tertiary/aromatic N) is 2. The van der Waals surface area contributed by atoms with E-state index in [0.29, 0.717) is 12.3 Å². The zero-order valence-electron chi connectivity index (χ0n) is 7.01. The molecule has 0 saturated heterocycles. The Bertz CT molecular complexity index is 382.